The first kappa shape index (κ1) is 19.8. The van der Waals surface area contributed by atoms with Crippen molar-refractivity contribution in [1.82, 2.24) is 0 Å². The van der Waals surface area contributed by atoms with Gasteiger partial charge in [-0.2, -0.15) is 0 Å². The molecule has 1 fully saturated rings. The van der Waals surface area contributed by atoms with Gasteiger partial charge in [0.25, 0.3) is 0 Å². The summed E-state index contributed by atoms with van der Waals surface area (Å²) in [4.78, 5) is 27.7. The molecule has 2 heterocycles. The van der Waals surface area contributed by atoms with Crippen LogP contribution >= 0.6 is 0 Å². The van der Waals surface area contributed by atoms with Crippen molar-refractivity contribution in [3.05, 3.63) is 59.7 Å². The summed E-state index contributed by atoms with van der Waals surface area (Å²) in [6, 6.07) is 14.9. The minimum absolute atomic E-state index is 0.0287. The van der Waals surface area contributed by atoms with Crippen LogP contribution in [0.1, 0.15) is 49.5 Å². The second kappa shape index (κ2) is 6.80. The molecule has 0 N–H and O–H groups in total. The Kier molecular flexibility index (Phi) is 4.65. The summed E-state index contributed by atoms with van der Waals surface area (Å²) in [7, 11) is -3.08. The lowest BCUT2D eigenvalue weighted by Crippen LogP contribution is -2.33. The lowest BCUT2D eigenvalue weighted by atomic mass is 9.84. The fourth-order valence-electron chi connectivity index (χ4n) is 4.44. The molecule has 6 heteroatoms. The molecule has 0 bridgehead atoms. The Hall–Kier alpha value is -2.47. The van der Waals surface area contributed by atoms with Crippen molar-refractivity contribution in [2.24, 2.45) is 5.92 Å². The van der Waals surface area contributed by atoms with Crippen LogP contribution in [0.15, 0.2) is 48.5 Å². The van der Waals surface area contributed by atoms with Gasteiger partial charge in [-0.3, -0.25) is 14.5 Å². The van der Waals surface area contributed by atoms with Gasteiger partial charge in [-0.1, -0.05) is 18.2 Å². The van der Waals surface area contributed by atoms with Gasteiger partial charge in [-0.15, -0.1) is 0 Å². The number of fused-ring (bicyclic) bond motifs is 1. The molecule has 5 nitrogen and oxygen atoms in total. The third kappa shape index (κ3) is 3.29. The first-order valence-corrected chi connectivity index (χ1v) is 11.6. The molecule has 1 saturated heterocycles. The minimum atomic E-state index is -3.08. The van der Waals surface area contributed by atoms with E-state index in [4.69, 9.17) is 0 Å². The quantitative estimate of drug-likeness (QED) is 0.712. The summed E-state index contributed by atoms with van der Waals surface area (Å²) in [5.41, 5.74) is 2.21. The third-order valence-electron chi connectivity index (χ3n) is 6.21. The van der Waals surface area contributed by atoms with Crippen LogP contribution in [-0.2, 0) is 20.0 Å². The molecule has 0 aromatic heterocycles. The van der Waals surface area contributed by atoms with E-state index < -0.39 is 15.3 Å². The van der Waals surface area contributed by atoms with E-state index in [2.05, 4.69) is 0 Å². The molecule has 2 atom stereocenters. The number of para-hydroxylation sites is 1. The van der Waals surface area contributed by atoms with Crippen LogP contribution in [0.25, 0.3) is 0 Å². The normalized spacial score (nSPS) is 24.5. The number of ketones is 1. The summed E-state index contributed by atoms with van der Waals surface area (Å²) in [6.45, 7) is 5.45. The number of benzene rings is 2. The average Bonchev–Trinajstić information content (AvgIpc) is 3.04. The van der Waals surface area contributed by atoms with Gasteiger partial charge in [-0.25, -0.2) is 8.42 Å². The van der Waals surface area contributed by atoms with Crippen LogP contribution in [0.5, 0.6) is 0 Å². The number of Topliss-reactive ketones (excluding diaryl/α,β-unsaturated/α-hetero) is 1. The van der Waals surface area contributed by atoms with Gasteiger partial charge < -0.3 is 0 Å². The van der Waals surface area contributed by atoms with E-state index in [1.807, 2.05) is 56.3 Å². The van der Waals surface area contributed by atoms with Crippen LogP contribution in [0, 0.1) is 5.92 Å². The standard InChI is InChI=1S/C23H25NO4S/c1-15-11-16(14-29(15,27)28)12-21(25)17-9-10-20-19(13-17)23(2,3)22(26)24(20)18-7-5-4-6-8-18/h4-10,13,15-16H,11-12,14H2,1-3H3. The van der Waals surface area contributed by atoms with Gasteiger partial charge >= 0.3 is 0 Å². The van der Waals surface area contributed by atoms with Crippen molar-refractivity contribution in [2.75, 3.05) is 10.7 Å². The number of carbonyl (C=O) groups excluding carboxylic acids is 2. The molecular weight excluding hydrogens is 386 g/mol. The molecule has 29 heavy (non-hydrogen) atoms. The van der Waals surface area contributed by atoms with E-state index in [1.54, 1.807) is 17.9 Å². The van der Waals surface area contributed by atoms with E-state index in [1.165, 1.54) is 0 Å². The van der Waals surface area contributed by atoms with Gasteiger partial charge in [0, 0.05) is 17.7 Å². The fraction of sp³-hybridized carbons (Fsp3) is 0.391. The van der Waals surface area contributed by atoms with Crippen molar-refractivity contribution in [2.45, 2.75) is 44.3 Å². The number of rotatable bonds is 4. The third-order valence-corrected chi connectivity index (χ3v) is 8.56. The molecule has 0 aliphatic carbocycles. The van der Waals surface area contributed by atoms with E-state index in [-0.39, 0.29) is 35.0 Å². The Bertz CT molecular complexity index is 1090. The first-order valence-electron chi connectivity index (χ1n) is 9.90. The molecule has 2 aromatic rings. The average molecular weight is 412 g/mol. The van der Waals surface area contributed by atoms with E-state index in [0.717, 1.165) is 16.9 Å². The maximum atomic E-state index is 13.1. The molecule has 0 spiro atoms. The van der Waals surface area contributed by atoms with Crippen molar-refractivity contribution >= 4 is 32.9 Å². The minimum Gasteiger partial charge on any atom is -0.294 e. The lowest BCUT2D eigenvalue weighted by molar-refractivity contribution is -0.121. The van der Waals surface area contributed by atoms with E-state index in [9.17, 15) is 18.0 Å². The molecule has 0 saturated carbocycles. The Morgan fingerprint density at radius 1 is 1.14 bits per heavy atom. The lowest BCUT2D eigenvalue weighted by Gasteiger charge is -2.20. The van der Waals surface area contributed by atoms with Gasteiger partial charge in [0.1, 0.15) is 0 Å². The number of amides is 1. The monoisotopic (exact) mass is 411 g/mol. The maximum Gasteiger partial charge on any atom is 0.241 e. The summed E-state index contributed by atoms with van der Waals surface area (Å²) in [6.07, 6.45) is 0.754. The molecule has 1 amide bonds. The number of hydrogen-bond acceptors (Lipinski definition) is 4. The molecule has 0 radical (unpaired) electrons. The largest absolute Gasteiger partial charge is 0.294 e. The number of hydrogen-bond donors (Lipinski definition) is 0. The smallest absolute Gasteiger partial charge is 0.241 e. The highest BCUT2D eigenvalue weighted by Gasteiger charge is 2.45. The Balaban J connectivity index is 1.64. The van der Waals surface area contributed by atoms with Gasteiger partial charge in [0.15, 0.2) is 15.6 Å². The highest BCUT2D eigenvalue weighted by atomic mass is 32.2. The van der Waals surface area contributed by atoms with E-state index in [0.29, 0.717) is 12.0 Å². The SMILES string of the molecule is CC1CC(CC(=O)c2ccc3c(c2)C(C)(C)C(=O)N3c2ccccc2)CS1(=O)=O. The number of sulfone groups is 1. The van der Waals surface area contributed by atoms with Crippen LogP contribution < -0.4 is 4.90 Å². The molecule has 2 aromatic carbocycles. The van der Waals surface area contributed by atoms with Crippen molar-refractivity contribution in [1.29, 1.82) is 0 Å². The zero-order valence-corrected chi connectivity index (χ0v) is 17.7. The molecule has 2 unspecified atom stereocenters. The van der Waals surface area contributed by atoms with Gasteiger partial charge in [0.2, 0.25) is 5.91 Å². The van der Waals surface area contributed by atoms with Crippen LogP contribution in [0.2, 0.25) is 0 Å². The summed E-state index contributed by atoms with van der Waals surface area (Å²) in [5.74, 6) is -0.148. The Labute approximate surface area is 171 Å². The second-order valence-electron chi connectivity index (χ2n) is 8.70. The summed E-state index contributed by atoms with van der Waals surface area (Å²) >= 11 is 0. The van der Waals surface area contributed by atoms with E-state index >= 15 is 0 Å². The fourth-order valence-corrected chi connectivity index (χ4v) is 6.25. The van der Waals surface area contributed by atoms with Crippen molar-refractivity contribution < 1.29 is 18.0 Å². The topological polar surface area (TPSA) is 71.5 Å². The molecular formula is C23H25NO4S. The Morgan fingerprint density at radius 3 is 2.45 bits per heavy atom. The molecule has 4 rings (SSSR count). The van der Waals surface area contributed by atoms with Crippen molar-refractivity contribution in [3.63, 3.8) is 0 Å². The highest BCUT2D eigenvalue weighted by molar-refractivity contribution is 7.92. The predicted molar refractivity (Wildman–Crippen MR) is 113 cm³/mol. The summed E-state index contributed by atoms with van der Waals surface area (Å²) < 4.78 is 24.0. The maximum absolute atomic E-state index is 13.1. The van der Waals surface area contributed by atoms with Crippen LogP contribution in [0.3, 0.4) is 0 Å². The van der Waals surface area contributed by atoms with Crippen LogP contribution in [-0.4, -0.2) is 31.1 Å². The van der Waals surface area contributed by atoms with Gasteiger partial charge in [0.05, 0.1) is 22.1 Å². The predicted octanol–water partition coefficient (Wildman–Crippen LogP) is 4.04. The number of nitrogens with zero attached hydrogens (tertiary/aromatic N) is 1. The first-order chi connectivity index (χ1) is 13.6. The molecule has 152 valence electrons. The molecule has 2 aliphatic heterocycles. The summed E-state index contributed by atoms with van der Waals surface area (Å²) in [5, 5.41) is -0.378. The zero-order valence-electron chi connectivity index (χ0n) is 16.9. The Morgan fingerprint density at radius 2 is 1.83 bits per heavy atom. The number of anilines is 2. The molecule has 2 aliphatic rings. The second-order valence-corrected chi connectivity index (χ2v) is 11.2. The number of carbonyl (C=O) groups is 2. The highest BCUT2D eigenvalue weighted by Crippen LogP contribution is 2.45. The zero-order chi connectivity index (χ0) is 21.0. The van der Waals surface area contributed by atoms with Gasteiger partial charge in [-0.05, 0) is 69.0 Å². The van der Waals surface area contributed by atoms with Crippen molar-refractivity contribution in [3.8, 4) is 0 Å². The van der Waals surface area contributed by atoms with Crippen LogP contribution in [0.4, 0.5) is 11.4 Å².